The van der Waals surface area contributed by atoms with E-state index >= 15 is 0 Å². The molecule has 2 aromatic carbocycles. The average molecular weight is 368 g/mol. The van der Waals surface area contributed by atoms with E-state index in [9.17, 15) is 14.4 Å². The molecule has 0 unspecified atom stereocenters. The highest BCUT2D eigenvalue weighted by Gasteiger charge is 2.06. The van der Waals surface area contributed by atoms with E-state index in [0.717, 1.165) is 12.1 Å². The molecule has 142 valence electrons. The van der Waals surface area contributed by atoms with Gasteiger partial charge in [0.1, 0.15) is 0 Å². The molecule has 2 rings (SSSR count). The van der Waals surface area contributed by atoms with Crippen LogP contribution in [0.1, 0.15) is 30.6 Å². The lowest BCUT2D eigenvalue weighted by molar-refractivity contribution is -0.115. The summed E-state index contributed by atoms with van der Waals surface area (Å²) in [6, 6.07) is 13.8. The topological polar surface area (TPSA) is 99.3 Å². The first-order valence-corrected chi connectivity index (χ1v) is 8.77. The zero-order valence-corrected chi connectivity index (χ0v) is 15.5. The Morgan fingerprint density at radius 2 is 1.59 bits per heavy atom. The summed E-state index contributed by atoms with van der Waals surface area (Å²) in [7, 11) is 0. The number of hydrogen-bond donors (Lipinski definition) is 4. The van der Waals surface area contributed by atoms with Crippen molar-refractivity contribution in [2.45, 2.75) is 20.3 Å². The summed E-state index contributed by atoms with van der Waals surface area (Å²) in [4.78, 5) is 35.0. The van der Waals surface area contributed by atoms with Crippen LogP contribution in [0.4, 0.5) is 17.1 Å². The average Bonchev–Trinajstić information content (AvgIpc) is 2.65. The Balaban J connectivity index is 1.85. The standard InChI is InChI=1S/C20H24N4O3/c1-3-11-21-20(27)15-7-9-16(10-8-15)24-19(26)13-22-17-5-4-6-18(12-17)23-14(2)25/h4-10,12,22H,3,11,13H2,1-2H3,(H,21,27)(H,23,25)(H,24,26). The number of anilines is 3. The summed E-state index contributed by atoms with van der Waals surface area (Å²) in [5, 5.41) is 11.3. The zero-order chi connectivity index (χ0) is 19.6. The molecule has 0 spiro atoms. The van der Waals surface area contributed by atoms with Gasteiger partial charge in [0, 0.05) is 36.1 Å². The molecular formula is C20H24N4O3. The van der Waals surface area contributed by atoms with E-state index in [0.29, 0.717) is 23.5 Å². The molecule has 0 heterocycles. The SMILES string of the molecule is CCCNC(=O)c1ccc(NC(=O)CNc2cccc(NC(C)=O)c2)cc1. The Labute approximate surface area is 158 Å². The van der Waals surface area contributed by atoms with Crippen molar-refractivity contribution in [2.24, 2.45) is 0 Å². The molecule has 0 bridgehead atoms. The Hall–Kier alpha value is -3.35. The molecule has 0 atom stereocenters. The molecule has 0 radical (unpaired) electrons. The van der Waals surface area contributed by atoms with Gasteiger partial charge in [0.15, 0.2) is 0 Å². The van der Waals surface area contributed by atoms with Crippen LogP contribution in [0, 0.1) is 0 Å². The Morgan fingerprint density at radius 3 is 2.26 bits per heavy atom. The summed E-state index contributed by atoms with van der Waals surface area (Å²) in [5.74, 6) is -0.504. The predicted octanol–water partition coefficient (Wildman–Crippen LogP) is 2.84. The largest absolute Gasteiger partial charge is 0.376 e. The molecule has 0 aliphatic rings. The van der Waals surface area contributed by atoms with Crippen molar-refractivity contribution in [3.8, 4) is 0 Å². The zero-order valence-electron chi connectivity index (χ0n) is 15.5. The van der Waals surface area contributed by atoms with Gasteiger partial charge < -0.3 is 21.3 Å². The molecule has 7 heteroatoms. The van der Waals surface area contributed by atoms with Crippen LogP contribution < -0.4 is 21.3 Å². The van der Waals surface area contributed by atoms with Gasteiger partial charge in [-0.25, -0.2) is 0 Å². The van der Waals surface area contributed by atoms with E-state index in [2.05, 4.69) is 21.3 Å². The fourth-order valence-electron chi connectivity index (χ4n) is 2.34. The molecule has 7 nitrogen and oxygen atoms in total. The lowest BCUT2D eigenvalue weighted by atomic mass is 10.2. The molecular weight excluding hydrogens is 344 g/mol. The quantitative estimate of drug-likeness (QED) is 0.576. The summed E-state index contributed by atoms with van der Waals surface area (Å²) >= 11 is 0. The van der Waals surface area contributed by atoms with Crippen LogP contribution in [0.2, 0.25) is 0 Å². The predicted molar refractivity (Wildman–Crippen MR) is 107 cm³/mol. The maximum Gasteiger partial charge on any atom is 0.251 e. The van der Waals surface area contributed by atoms with E-state index < -0.39 is 0 Å². The molecule has 0 saturated heterocycles. The van der Waals surface area contributed by atoms with Crippen LogP contribution >= 0.6 is 0 Å². The van der Waals surface area contributed by atoms with Gasteiger partial charge in [-0.05, 0) is 48.9 Å². The van der Waals surface area contributed by atoms with Gasteiger partial charge >= 0.3 is 0 Å². The van der Waals surface area contributed by atoms with Crippen LogP contribution in [0.15, 0.2) is 48.5 Å². The van der Waals surface area contributed by atoms with Crippen molar-refractivity contribution in [1.82, 2.24) is 5.32 Å². The molecule has 0 fully saturated rings. The monoisotopic (exact) mass is 368 g/mol. The van der Waals surface area contributed by atoms with Gasteiger partial charge in [-0.2, -0.15) is 0 Å². The first kappa shape index (κ1) is 20.0. The minimum Gasteiger partial charge on any atom is -0.376 e. The van der Waals surface area contributed by atoms with Crippen molar-refractivity contribution in [3.63, 3.8) is 0 Å². The molecule has 27 heavy (non-hydrogen) atoms. The van der Waals surface area contributed by atoms with Crippen molar-refractivity contribution >= 4 is 34.8 Å². The number of carbonyl (C=O) groups is 3. The number of benzene rings is 2. The van der Waals surface area contributed by atoms with E-state index in [-0.39, 0.29) is 24.3 Å². The van der Waals surface area contributed by atoms with Crippen molar-refractivity contribution in [3.05, 3.63) is 54.1 Å². The highest BCUT2D eigenvalue weighted by atomic mass is 16.2. The fourth-order valence-corrected chi connectivity index (χ4v) is 2.34. The van der Waals surface area contributed by atoms with Gasteiger partial charge in [0.05, 0.1) is 6.54 Å². The van der Waals surface area contributed by atoms with Gasteiger partial charge in [0.2, 0.25) is 11.8 Å². The summed E-state index contributed by atoms with van der Waals surface area (Å²) in [5.41, 5.74) is 2.54. The van der Waals surface area contributed by atoms with Gasteiger partial charge in [0.25, 0.3) is 5.91 Å². The third-order valence-electron chi connectivity index (χ3n) is 3.60. The second-order valence-corrected chi connectivity index (χ2v) is 6.00. The second kappa shape index (κ2) is 9.96. The van der Waals surface area contributed by atoms with Crippen LogP contribution in [0.25, 0.3) is 0 Å². The first-order valence-electron chi connectivity index (χ1n) is 8.77. The van der Waals surface area contributed by atoms with Crippen molar-refractivity contribution in [2.75, 3.05) is 29.0 Å². The first-order chi connectivity index (χ1) is 13.0. The summed E-state index contributed by atoms with van der Waals surface area (Å²) in [6.45, 7) is 4.13. The lowest BCUT2D eigenvalue weighted by Crippen LogP contribution is -2.24. The summed E-state index contributed by atoms with van der Waals surface area (Å²) < 4.78 is 0. The fraction of sp³-hybridized carbons (Fsp3) is 0.250. The van der Waals surface area contributed by atoms with E-state index in [1.807, 2.05) is 13.0 Å². The molecule has 0 saturated carbocycles. The highest BCUT2D eigenvalue weighted by Crippen LogP contribution is 2.15. The number of amides is 3. The third kappa shape index (κ3) is 6.81. The van der Waals surface area contributed by atoms with Gasteiger partial charge in [-0.15, -0.1) is 0 Å². The summed E-state index contributed by atoms with van der Waals surface area (Å²) in [6.07, 6.45) is 0.876. The number of rotatable bonds is 8. The Morgan fingerprint density at radius 1 is 0.889 bits per heavy atom. The minimum atomic E-state index is -0.219. The van der Waals surface area contributed by atoms with Crippen molar-refractivity contribution in [1.29, 1.82) is 0 Å². The molecule has 2 aromatic rings. The third-order valence-corrected chi connectivity index (χ3v) is 3.60. The molecule has 0 aromatic heterocycles. The minimum absolute atomic E-state index is 0.0717. The van der Waals surface area contributed by atoms with Gasteiger partial charge in [-0.1, -0.05) is 13.0 Å². The van der Waals surface area contributed by atoms with E-state index in [1.165, 1.54) is 6.92 Å². The van der Waals surface area contributed by atoms with Crippen molar-refractivity contribution < 1.29 is 14.4 Å². The molecule has 4 N–H and O–H groups in total. The van der Waals surface area contributed by atoms with E-state index in [1.54, 1.807) is 42.5 Å². The van der Waals surface area contributed by atoms with Crippen LogP contribution in [0.5, 0.6) is 0 Å². The second-order valence-electron chi connectivity index (χ2n) is 6.00. The Kier molecular flexibility index (Phi) is 7.37. The normalized spacial score (nSPS) is 10.0. The van der Waals surface area contributed by atoms with Gasteiger partial charge in [-0.3, -0.25) is 14.4 Å². The lowest BCUT2D eigenvalue weighted by Gasteiger charge is -2.10. The molecule has 0 aliphatic carbocycles. The van der Waals surface area contributed by atoms with E-state index in [4.69, 9.17) is 0 Å². The number of carbonyl (C=O) groups excluding carboxylic acids is 3. The number of hydrogen-bond acceptors (Lipinski definition) is 4. The molecule has 0 aliphatic heterocycles. The highest BCUT2D eigenvalue weighted by molar-refractivity contribution is 5.96. The maximum absolute atomic E-state index is 12.1. The smallest absolute Gasteiger partial charge is 0.251 e. The number of nitrogens with one attached hydrogen (secondary N) is 4. The molecule has 3 amide bonds. The maximum atomic E-state index is 12.1. The van der Waals surface area contributed by atoms with Crippen LogP contribution in [-0.2, 0) is 9.59 Å². The van der Waals surface area contributed by atoms with Crippen LogP contribution in [0.3, 0.4) is 0 Å². The van der Waals surface area contributed by atoms with Crippen LogP contribution in [-0.4, -0.2) is 30.8 Å². The Bertz CT molecular complexity index is 803.